The Morgan fingerprint density at radius 3 is 2.56 bits per heavy atom. The lowest BCUT2D eigenvalue weighted by Gasteiger charge is -2.63. The summed E-state index contributed by atoms with van der Waals surface area (Å²) in [6, 6.07) is 0. The van der Waals surface area contributed by atoms with E-state index in [2.05, 4.69) is 22.5 Å². The molecule has 57 heavy (non-hydrogen) atoms. The second-order valence-corrected chi connectivity index (χ2v) is 18.8. The Morgan fingerprint density at radius 2 is 1.89 bits per heavy atom. The Balaban J connectivity index is 1.44. The van der Waals surface area contributed by atoms with E-state index in [0.717, 1.165) is 38.6 Å². The van der Waals surface area contributed by atoms with E-state index >= 15 is 0 Å². The van der Waals surface area contributed by atoms with Crippen molar-refractivity contribution in [3.05, 3.63) is 11.6 Å². The largest absolute Gasteiger partial charge is 0.456 e. The van der Waals surface area contributed by atoms with Gasteiger partial charge < -0.3 is 56.1 Å². The Hall–Kier alpha value is -2.00. The van der Waals surface area contributed by atoms with Gasteiger partial charge in [-0.15, -0.1) is 5.92 Å². The monoisotopic (exact) mass is 802 g/mol. The van der Waals surface area contributed by atoms with Crippen molar-refractivity contribution in [2.24, 2.45) is 64.2 Å². The van der Waals surface area contributed by atoms with Crippen molar-refractivity contribution >= 4 is 11.8 Å². The van der Waals surface area contributed by atoms with Crippen LogP contribution < -0.4 is 22.1 Å². The second kappa shape index (κ2) is 17.9. The summed E-state index contributed by atoms with van der Waals surface area (Å²) >= 11 is 0. The highest BCUT2D eigenvalue weighted by atomic mass is 16.6. The fourth-order valence-corrected chi connectivity index (χ4v) is 12.6. The molecular formula is C43H69N4O10+. The standard InChI is InChI=1S/C43H68N4O10/c1-3-24(20-48)41(54)56-32-18-30-38(53)35-31(52)17-29(21-49)55-40(35)36-37(25-11-13-46-34(45)15-25)43(22-50,27-6-4-8-28(51)16-27)12-5-7-26(42(32,2)57-39(30)36)14-23-9-10-33(44)47-19-23/h3,23,25-30,32-40,46-51,53H,4,6-11,13-22,44-45H2,1-2H3/p+1/t23?,25?,26-,27?,28?,29?,30?,32+,33?,34?,35?,36?,37-,38?,39?,40?,42+,43+/m1/s1. The number of esters is 1. The van der Waals surface area contributed by atoms with E-state index in [-0.39, 0.29) is 73.4 Å². The molecule has 13 unspecified atom stereocenters. The van der Waals surface area contributed by atoms with Gasteiger partial charge in [0.2, 0.25) is 0 Å². The predicted octanol–water partition coefficient (Wildman–Crippen LogP) is -0.572. The lowest BCUT2D eigenvalue weighted by atomic mass is 9.48. The zero-order chi connectivity index (χ0) is 40.6. The third-order valence-electron chi connectivity index (χ3n) is 15.7. The van der Waals surface area contributed by atoms with Crippen LogP contribution in [0.5, 0.6) is 0 Å². The van der Waals surface area contributed by atoms with Crippen LogP contribution in [0.1, 0.15) is 90.9 Å². The van der Waals surface area contributed by atoms with Crippen LogP contribution in [0, 0.1) is 64.6 Å². The Labute approximate surface area is 337 Å². The zero-order valence-electron chi connectivity index (χ0n) is 33.8. The van der Waals surface area contributed by atoms with Crippen molar-refractivity contribution in [1.29, 1.82) is 0 Å². The highest BCUT2D eigenvalue weighted by Gasteiger charge is 2.67. The molecule has 0 aromatic carbocycles. The van der Waals surface area contributed by atoms with E-state index in [9.17, 15) is 35.1 Å². The summed E-state index contributed by atoms with van der Waals surface area (Å²) in [5, 5.41) is 61.7. The number of carbonyl (C=O) groups excluding carboxylic acids is 2. The average molecular weight is 802 g/mol. The summed E-state index contributed by atoms with van der Waals surface area (Å²) in [5.74, 6) is 3.63. The quantitative estimate of drug-likeness (QED) is 0.0807. The molecule has 0 aromatic rings. The summed E-state index contributed by atoms with van der Waals surface area (Å²) in [6.45, 7) is 3.98. The number of nitrogens with two attached hydrogens (primary N) is 3. The van der Waals surface area contributed by atoms with Gasteiger partial charge in [-0.25, -0.2) is 4.79 Å². The molecule has 6 fully saturated rings. The number of aliphatic hydroxyl groups excluding tert-OH is 5. The minimum absolute atomic E-state index is 0.0354. The number of ketones is 1. The smallest absolute Gasteiger partial charge is 0.336 e. The Kier molecular flexibility index (Phi) is 13.6. The lowest BCUT2D eigenvalue weighted by Crippen LogP contribution is -2.95. The first-order chi connectivity index (χ1) is 27.4. The molecule has 2 aliphatic carbocycles. The SMILES string of the molecule is CC=C(CO)C(=O)O[C@H]1CC2C(O)C3C(=O)CC(CO)OC3C3C2O[C@@]1(C)[C@@H](CC1CCC(N)[NH2+]C1)CC#C[C@](CO)(C1CCCC(O)C1)[C@@H]3C1CCNC(N)C1. The van der Waals surface area contributed by atoms with Gasteiger partial charge in [-0.2, -0.15) is 0 Å². The maximum atomic E-state index is 14.3. The molecule has 0 aromatic heterocycles. The summed E-state index contributed by atoms with van der Waals surface area (Å²) in [4.78, 5) is 28.0. The van der Waals surface area contributed by atoms with Crippen LogP contribution >= 0.6 is 0 Å². The number of aliphatic hydroxyl groups is 5. The molecule has 14 heteroatoms. The molecule has 7 rings (SSSR count). The number of nitrogens with one attached hydrogen (secondary N) is 1. The van der Waals surface area contributed by atoms with E-state index in [1.807, 2.05) is 6.92 Å². The first-order valence-corrected chi connectivity index (χ1v) is 21.9. The molecule has 14 nitrogen and oxygen atoms in total. The molecule has 2 saturated carbocycles. The molecule has 18 atom stereocenters. The molecule has 7 aliphatic rings. The fourth-order valence-electron chi connectivity index (χ4n) is 12.6. The van der Waals surface area contributed by atoms with Crippen LogP contribution in [-0.2, 0) is 23.8 Å². The van der Waals surface area contributed by atoms with Gasteiger partial charge in [-0.1, -0.05) is 18.4 Å². The van der Waals surface area contributed by atoms with Gasteiger partial charge in [0.1, 0.15) is 23.7 Å². The number of rotatable bonds is 9. The van der Waals surface area contributed by atoms with Gasteiger partial charge in [-0.05, 0) is 89.5 Å². The third-order valence-corrected chi connectivity index (χ3v) is 15.7. The van der Waals surface area contributed by atoms with Crippen molar-refractivity contribution in [3.8, 4) is 11.8 Å². The van der Waals surface area contributed by atoms with E-state index in [0.29, 0.717) is 38.6 Å². The van der Waals surface area contributed by atoms with Crippen molar-refractivity contribution < 1.29 is 54.6 Å². The molecule has 0 amide bonds. The molecule has 12 N–H and O–H groups in total. The number of Topliss-reactive ketones (excluding diaryl/α,β-unsaturated/α-hetero) is 1. The molecule has 320 valence electrons. The van der Waals surface area contributed by atoms with Crippen molar-refractivity contribution in [1.82, 2.24) is 5.32 Å². The van der Waals surface area contributed by atoms with Gasteiger partial charge >= 0.3 is 5.97 Å². The van der Waals surface area contributed by atoms with Gasteiger partial charge in [0.05, 0.1) is 80.0 Å². The molecule has 5 heterocycles. The molecule has 0 radical (unpaired) electrons. The minimum Gasteiger partial charge on any atom is -0.456 e. The number of allylic oxidation sites excluding steroid dienone is 1. The number of fused-ring (bicyclic) bond motifs is 3. The third kappa shape index (κ3) is 8.25. The highest BCUT2D eigenvalue weighted by molar-refractivity contribution is 5.88. The summed E-state index contributed by atoms with van der Waals surface area (Å²) in [6.07, 6.45) is 3.28. The number of piperidine rings is 2. The zero-order valence-corrected chi connectivity index (χ0v) is 33.8. The van der Waals surface area contributed by atoms with E-state index in [4.69, 9.17) is 25.7 Å². The van der Waals surface area contributed by atoms with Crippen molar-refractivity contribution in [2.75, 3.05) is 32.9 Å². The predicted molar refractivity (Wildman–Crippen MR) is 208 cm³/mol. The van der Waals surface area contributed by atoms with Crippen LogP contribution in [0.4, 0.5) is 0 Å². The highest BCUT2D eigenvalue weighted by Crippen LogP contribution is 2.60. The van der Waals surface area contributed by atoms with Crippen molar-refractivity contribution in [2.45, 2.75) is 145 Å². The van der Waals surface area contributed by atoms with E-state index in [1.54, 1.807) is 6.92 Å². The number of hydrogen-bond donors (Lipinski definition) is 9. The number of hydrogen-bond acceptors (Lipinski definition) is 13. The Morgan fingerprint density at radius 1 is 1.09 bits per heavy atom. The molecule has 4 saturated heterocycles. The maximum Gasteiger partial charge on any atom is 0.336 e. The van der Waals surface area contributed by atoms with E-state index < -0.39 is 83.9 Å². The van der Waals surface area contributed by atoms with Gasteiger partial charge in [0.25, 0.3) is 0 Å². The van der Waals surface area contributed by atoms with Crippen LogP contribution in [0.2, 0.25) is 0 Å². The normalized spacial score (nSPS) is 47.9. The van der Waals surface area contributed by atoms with Crippen LogP contribution in [0.25, 0.3) is 0 Å². The van der Waals surface area contributed by atoms with Crippen LogP contribution in [-0.4, -0.2) is 125 Å². The minimum atomic E-state index is -1.20. The average Bonchev–Trinajstić information content (AvgIpc) is 3.19. The summed E-state index contributed by atoms with van der Waals surface area (Å²) in [7, 11) is 0. The van der Waals surface area contributed by atoms with Gasteiger partial charge in [-0.3, -0.25) is 10.5 Å². The fraction of sp³-hybridized carbons (Fsp3) is 0.860. The number of quaternary nitrogens is 1. The van der Waals surface area contributed by atoms with Crippen LogP contribution in [0.15, 0.2) is 11.6 Å². The second-order valence-electron chi connectivity index (χ2n) is 18.8. The lowest BCUT2D eigenvalue weighted by molar-refractivity contribution is -0.703. The topological polar surface area (TPSA) is 244 Å². The van der Waals surface area contributed by atoms with Gasteiger partial charge in [0, 0.05) is 42.9 Å². The van der Waals surface area contributed by atoms with Crippen LogP contribution in [0.3, 0.4) is 0 Å². The molecular weight excluding hydrogens is 732 g/mol. The molecule has 0 spiro atoms. The number of ether oxygens (including phenoxy) is 3. The van der Waals surface area contributed by atoms with Gasteiger partial charge in [0.15, 0.2) is 0 Å². The Bertz CT molecular complexity index is 1530. The summed E-state index contributed by atoms with van der Waals surface area (Å²) < 4.78 is 20.8. The number of carbonyl (C=O) groups is 2. The first-order valence-electron chi connectivity index (χ1n) is 21.9. The molecule has 2 bridgehead atoms. The van der Waals surface area contributed by atoms with Crippen molar-refractivity contribution in [3.63, 3.8) is 0 Å². The maximum absolute atomic E-state index is 14.3. The molecule has 5 aliphatic heterocycles. The first kappa shape index (κ1) is 43.1. The summed E-state index contributed by atoms with van der Waals surface area (Å²) in [5.41, 5.74) is 10.9. The van der Waals surface area contributed by atoms with E-state index in [1.165, 1.54) is 6.08 Å².